The number of hydrogen-bond donors (Lipinski definition) is 2. The molecule has 0 unspecified atom stereocenters. The predicted octanol–water partition coefficient (Wildman–Crippen LogP) is 0.654. The molecule has 2 saturated heterocycles. The van der Waals surface area contributed by atoms with Gasteiger partial charge in [-0.25, -0.2) is 4.79 Å². The number of urea groups is 1. The molecule has 7 heteroatoms. The quantitative estimate of drug-likeness (QED) is 0.798. The average molecular weight is 317 g/mol. The molecule has 2 fully saturated rings. The third kappa shape index (κ3) is 3.80. The van der Waals surface area contributed by atoms with Gasteiger partial charge in [0.25, 0.3) is 5.91 Å². The van der Waals surface area contributed by atoms with E-state index in [4.69, 9.17) is 4.74 Å². The van der Waals surface area contributed by atoms with Gasteiger partial charge in [0.15, 0.2) is 0 Å². The van der Waals surface area contributed by atoms with Gasteiger partial charge >= 0.3 is 6.03 Å². The minimum atomic E-state index is -0.756. The van der Waals surface area contributed by atoms with E-state index in [9.17, 15) is 14.4 Å². The summed E-state index contributed by atoms with van der Waals surface area (Å²) in [5, 5.41) is 4.57. The summed E-state index contributed by atoms with van der Waals surface area (Å²) in [5.41, 5.74) is 0. The highest BCUT2D eigenvalue weighted by atomic mass is 16.5. The van der Waals surface area contributed by atoms with Crippen molar-refractivity contribution in [2.24, 2.45) is 0 Å². The second kappa shape index (κ2) is 6.68. The van der Waals surface area contributed by atoms with E-state index in [1.54, 1.807) is 4.90 Å². The topological polar surface area (TPSA) is 87.7 Å². The molecule has 1 aromatic carbocycles. The molecular formula is C16H19N3O4. The van der Waals surface area contributed by atoms with E-state index >= 15 is 0 Å². The Balaban J connectivity index is 1.46. The zero-order valence-corrected chi connectivity index (χ0v) is 12.7. The smallest absolute Gasteiger partial charge is 0.322 e. The van der Waals surface area contributed by atoms with Gasteiger partial charge in [0.2, 0.25) is 5.91 Å². The monoisotopic (exact) mass is 317 g/mol. The van der Waals surface area contributed by atoms with Gasteiger partial charge in [-0.1, -0.05) is 18.2 Å². The van der Waals surface area contributed by atoms with Crippen LogP contribution in [-0.2, 0) is 9.59 Å². The number of hydrogen-bond acceptors (Lipinski definition) is 4. The number of rotatable bonds is 4. The molecule has 0 bridgehead atoms. The van der Waals surface area contributed by atoms with Crippen LogP contribution < -0.4 is 15.4 Å². The van der Waals surface area contributed by atoms with Crippen molar-refractivity contribution in [3.63, 3.8) is 0 Å². The molecule has 1 atom stereocenters. The lowest BCUT2D eigenvalue weighted by molar-refractivity contribution is -0.135. The number of likely N-dealkylation sites (tertiary alicyclic amines) is 1. The summed E-state index contributed by atoms with van der Waals surface area (Å²) < 4.78 is 5.89. The van der Waals surface area contributed by atoms with Crippen LogP contribution in [0.3, 0.4) is 0 Å². The lowest BCUT2D eigenvalue weighted by atomic mass is 10.1. The summed E-state index contributed by atoms with van der Waals surface area (Å²) >= 11 is 0. The zero-order valence-electron chi connectivity index (χ0n) is 12.7. The second-order valence-electron chi connectivity index (χ2n) is 5.73. The molecule has 0 aliphatic carbocycles. The SMILES string of the molecule is O=C1NC(=O)[C@@H](CC(=O)N2CCC(Oc3ccccc3)CC2)N1. The number of piperidine rings is 1. The highest BCUT2D eigenvalue weighted by Gasteiger charge is 2.33. The third-order valence-electron chi connectivity index (χ3n) is 4.08. The van der Waals surface area contributed by atoms with Crippen molar-refractivity contribution in [3.8, 4) is 5.75 Å². The van der Waals surface area contributed by atoms with E-state index in [1.165, 1.54) is 0 Å². The van der Waals surface area contributed by atoms with E-state index in [0.717, 1.165) is 18.6 Å². The second-order valence-corrected chi connectivity index (χ2v) is 5.73. The Morgan fingerprint density at radius 1 is 1.17 bits per heavy atom. The van der Waals surface area contributed by atoms with Gasteiger partial charge in [-0.3, -0.25) is 14.9 Å². The Labute approximate surface area is 134 Å². The van der Waals surface area contributed by atoms with Crippen LogP contribution in [0, 0.1) is 0 Å². The van der Waals surface area contributed by atoms with E-state index in [-0.39, 0.29) is 18.4 Å². The van der Waals surface area contributed by atoms with Crippen molar-refractivity contribution < 1.29 is 19.1 Å². The van der Waals surface area contributed by atoms with Crippen molar-refractivity contribution >= 4 is 17.8 Å². The molecule has 2 aliphatic rings. The maximum absolute atomic E-state index is 12.2. The number of carbonyl (C=O) groups is 3. The van der Waals surface area contributed by atoms with E-state index < -0.39 is 18.0 Å². The van der Waals surface area contributed by atoms with Crippen LogP contribution in [0.5, 0.6) is 5.75 Å². The third-order valence-corrected chi connectivity index (χ3v) is 4.08. The summed E-state index contributed by atoms with van der Waals surface area (Å²) in [5.74, 6) is 0.277. The Bertz CT molecular complexity index is 597. The van der Waals surface area contributed by atoms with Crippen molar-refractivity contribution in [2.45, 2.75) is 31.4 Å². The van der Waals surface area contributed by atoms with Gasteiger partial charge in [-0.15, -0.1) is 0 Å². The van der Waals surface area contributed by atoms with Gasteiger partial charge in [0.05, 0.1) is 6.42 Å². The number of para-hydroxylation sites is 1. The number of nitrogens with one attached hydrogen (secondary N) is 2. The highest BCUT2D eigenvalue weighted by Crippen LogP contribution is 2.19. The lowest BCUT2D eigenvalue weighted by Crippen LogP contribution is -2.44. The zero-order chi connectivity index (χ0) is 16.2. The first-order valence-corrected chi connectivity index (χ1v) is 7.72. The molecule has 2 heterocycles. The molecule has 7 nitrogen and oxygen atoms in total. The first-order valence-electron chi connectivity index (χ1n) is 7.72. The molecule has 0 radical (unpaired) electrons. The Kier molecular flexibility index (Phi) is 4.45. The molecule has 3 rings (SSSR count). The average Bonchev–Trinajstić information content (AvgIpc) is 2.86. The van der Waals surface area contributed by atoms with Crippen LogP contribution in [0.15, 0.2) is 30.3 Å². The van der Waals surface area contributed by atoms with E-state index in [0.29, 0.717) is 13.1 Å². The molecule has 0 saturated carbocycles. The van der Waals surface area contributed by atoms with Crippen LogP contribution in [-0.4, -0.2) is 48.0 Å². The van der Waals surface area contributed by atoms with Gasteiger partial charge in [0.1, 0.15) is 17.9 Å². The minimum Gasteiger partial charge on any atom is -0.490 e. The fourth-order valence-corrected chi connectivity index (χ4v) is 2.82. The van der Waals surface area contributed by atoms with Crippen LogP contribution in [0.4, 0.5) is 4.79 Å². The van der Waals surface area contributed by atoms with Gasteiger partial charge < -0.3 is 15.0 Å². The molecular weight excluding hydrogens is 298 g/mol. The maximum atomic E-state index is 12.2. The van der Waals surface area contributed by atoms with Crippen LogP contribution in [0.1, 0.15) is 19.3 Å². The summed E-state index contributed by atoms with van der Waals surface area (Å²) in [6, 6.07) is 8.32. The molecule has 122 valence electrons. The highest BCUT2D eigenvalue weighted by molar-refractivity contribution is 6.05. The maximum Gasteiger partial charge on any atom is 0.322 e. The fourth-order valence-electron chi connectivity index (χ4n) is 2.82. The van der Waals surface area contributed by atoms with Crippen LogP contribution in [0.25, 0.3) is 0 Å². The van der Waals surface area contributed by atoms with E-state index in [2.05, 4.69) is 10.6 Å². The van der Waals surface area contributed by atoms with Crippen LogP contribution in [0.2, 0.25) is 0 Å². The Morgan fingerprint density at radius 2 is 1.87 bits per heavy atom. The van der Waals surface area contributed by atoms with Gasteiger partial charge in [-0.2, -0.15) is 0 Å². The molecule has 23 heavy (non-hydrogen) atoms. The standard InChI is InChI=1S/C16H19N3O4/c20-14(10-13-15(21)18-16(22)17-13)19-8-6-12(7-9-19)23-11-4-2-1-3-5-11/h1-5,12-13H,6-10H2,(H2,17,18,21,22)/t13-/m1/s1. The first kappa shape index (κ1) is 15.3. The molecule has 0 aromatic heterocycles. The molecule has 1 aromatic rings. The molecule has 0 spiro atoms. The number of nitrogens with zero attached hydrogens (tertiary/aromatic N) is 1. The first-order chi connectivity index (χ1) is 11.1. The molecule has 4 amide bonds. The summed E-state index contributed by atoms with van der Waals surface area (Å²) in [6.07, 6.45) is 1.60. The van der Waals surface area contributed by atoms with Crippen molar-refractivity contribution in [2.75, 3.05) is 13.1 Å². The Morgan fingerprint density at radius 3 is 2.48 bits per heavy atom. The van der Waals surface area contributed by atoms with Crippen molar-refractivity contribution in [3.05, 3.63) is 30.3 Å². The molecule has 2 aliphatic heterocycles. The summed E-state index contributed by atoms with van der Waals surface area (Å²) in [6.45, 7) is 1.19. The fraction of sp³-hybridized carbons (Fsp3) is 0.438. The predicted molar refractivity (Wildman–Crippen MR) is 81.8 cm³/mol. The number of amides is 4. The lowest BCUT2D eigenvalue weighted by Gasteiger charge is -2.32. The van der Waals surface area contributed by atoms with Crippen LogP contribution >= 0.6 is 0 Å². The normalized spacial score (nSPS) is 21.7. The van der Waals surface area contributed by atoms with Gasteiger partial charge in [0, 0.05) is 25.9 Å². The summed E-state index contributed by atoms with van der Waals surface area (Å²) in [4.78, 5) is 36.5. The van der Waals surface area contributed by atoms with Crippen molar-refractivity contribution in [1.29, 1.82) is 0 Å². The Hall–Kier alpha value is -2.57. The number of benzene rings is 1. The number of carbonyl (C=O) groups excluding carboxylic acids is 3. The number of imide groups is 1. The number of ether oxygens (including phenoxy) is 1. The largest absolute Gasteiger partial charge is 0.490 e. The van der Waals surface area contributed by atoms with Crippen molar-refractivity contribution in [1.82, 2.24) is 15.5 Å². The van der Waals surface area contributed by atoms with Gasteiger partial charge in [-0.05, 0) is 12.1 Å². The minimum absolute atomic E-state index is 0.00177. The summed E-state index contributed by atoms with van der Waals surface area (Å²) in [7, 11) is 0. The molecule has 2 N–H and O–H groups in total. The van der Waals surface area contributed by atoms with E-state index in [1.807, 2.05) is 30.3 Å².